The maximum atomic E-state index is 5.27. The van der Waals surface area contributed by atoms with Gasteiger partial charge in [0.15, 0.2) is 17.5 Å². The molecule has 6 nitrogen and oxygen atoms in total. The molecule has 4 heterocycles. The lowest BCUT2D eigenvalue weighted by Gasteiger charge is -2.12. The van der Waals surface area contributed by atoms with E-state index in [-0.39, 0.29) is 0 Å². The van der Waals surface area contributed by atoms with Gasteiger partial charge in [-0.1, -0.05) is 121 Å². The zero-order chi connectivity index (χ0) is 36.3. The molecule has 0 atom stereocenters. The van der Waals surface area contributed by atoms with E-state index in [1.165, 1.54) is 9.40 Å². The zero-order valence-corrected chi connectivity index (χ0v) is 30.8. The molecular weight excluding hydrogens is 713 g/mol. The van der Waals surface area contributed by atoms with Gasteiger partial charge in [-0.25, -0.2) is 24.9 Å². The van der Waals surface area contributed by atoms with Crippen LogP contribution in [0.3, 0.4) is 0 Å². The lowest BCUT2D eigenvalue weighted by molar-refractivity contribution is 1.08. The summed E-state index contributed by atoms with van der Waals surface area (Å²) in [5.74, 6) is 2.75. The van der Waals surface area contributed by atoms with Crippen molar-refractivity contribution in [2.75, 3.05) is 0 Å². The van der Waals surface area contributed by atoms with Crippen molar-refractivity contribution >= 4 is 64.1 Å². The maximum Gasteiger partial charge on any atom is 0.164 e. The SMILES string of the molecule is c1ccc(-c2nc(-c3ccc(-c4nc5ccccc5s4)cc3)nc(-c3cccc4sc5cccc(-c6nc7ccccc7n6-c6ccccc6)c5c34)n2)cc1. The number of imidazole rings is 1. The smallest absolute Gasteiger partial charge is 0.164 e. The van der Waals surface area contributed by atoms with Gasteiger partial charge in [0.1, 0.15) is 10.8 Å². The van der Waals surface area contributed by atoms with E-state index >= 15 is 0 Å². The third kappa shape index (κ3) is 5.42. The number of nitrogens with zero attached hydrogens (tertiary/aromatic N) is 6. The topological polar surface area (TPSA) is 69.4 Å². The average molecular weight is 741 g/mol. The van der Waals surface area contributed by atoms with Crippen molar-refractivity contribution in [1.82, 2.24) is 29.5 Å². The van der Waals surface area contributed by atoms with Crippen LogP contribution in [0.15, 0.2) is 170 Å². The molecule has 0 saturated carbocycles. The van der Waals surface area contributed by atoms with Crippen LogP contribution in [-0.2, 0) is 0 Å². The molecule has 0 bridgehead atoms. The van der Waals surface area contributed by atoms with Crippen molar-refractivity contribution in [2.24, 2.45) is 0 Å². The molecule has 0 aliphatic heterocycles. The third-order valence-electron chi connectivity index (χ3n) is 9.93. The Morgan fingerprint density at radius 3 is 1.67 bits per heavy atom. The van der Waals surface area contributed by atoms with Gasteiger partial charge in [0.25, 0.3) is 0 Å². The normalized spacial score (nSPS) is 11.6. The highest BCUT2D eigenvalue weighted by atomic mass is 32.1. The first-order chi connectivity index (χ1) is 27.2. The zero-order valence-electron chi connectivity index (χ0n) is 29.2. The monoisotopic (exact) mass is 740 g/mol. The Hall–Kier alpha value is -6.87. The van der Waals surface area contributed by atoms with Crippen LogP contribution < -0.4 is 0 Å². The number of thiazole rings is 1. The second-order valence-corrected chi connectivity index (χ2v) is 15.4. The number of para-hydroxylation sites is 4. The van der Waals surface area contributed by atoms with Gasteiger partial charge in [0.2, 0.25) is 0 Å². The van der Waals surface area contributed by atoms with E-state index < -0.39 is 0 Å². The molecule has 0 aliphatic carbocycles. The van der Waals surface area contributed by atoms with Crippen LogP contribution in [0.1, 0.15) is 0 Å². The molecule has 258 valence electrons. The van der Waals surface area contributed by atoms with Gasteiger partial charge >= 0.3 is 0 Å². The molecule has 0 N–H and O–H groups in total. The van der Waals surface area contributed by atoms with E-state index in [9.17, 15) is 0 Å². The summed E-state index contributed by atoms with van der Waals surface area (Å²) in [5.41, 5.74) is 8.98. The Morgan fingerprint density at radius 1 is 0.364 bits per heavy atom. The van der Waals surface area contributed by atoms with Crippen LogP contribution in [-0.4, -0.2) is 29.5 Å². The highest BCUT2D eigenvalue weighted by Crippen LogP contribution is 2.45. The fraction of sp³-hybridized carbons (Fsp3) is 0. The molecule has 0 amide bonds. The minimum Gasteiger partial charge on any atom is -0.292 e. The van der Waals surface area contributed by atoms with Crippen LogP contribution in [0.4, 0.5) is 0 Å². The van der Waals surface area contributed by atoms with Crippen molar-refractivity contribution in [2.45, 2.75) is 0 Å². The van der Waals surface area contributed by atoms with E-state index in [1.807, 2.05) is 48.5 Å². The summed E-state index contributed by atoms with van der Waals surface area (Å²) in [4.78, 5) is 25.6. The van der Waals surface area contributed by atoms with Crippen LogP contribution in [0, 0.1) is 0 Å². The number of rotatable bonds is 6. The number of fused-ring (bicyclic) bond motifs is 5. The molecule has 0 saturated heterocycles. The van der Waals surface area contributed by atoms with Crippen molar-refractivity contribution in [3.63, 3.8) is 0 Å². The standard InChI is InChI=1S/C47H28N6S2/c1-3-13-29(14-4-1)43-50-44(30-25-27-31(28-26-30)47-49-36-20-8-10-22-38(36)55-47)52-45(51-43)33-17-11-23-39-41(33)42-34(18-12-24-40(42)54-39)46-48-35-19-7-9-21-37(35)53(46)32-15-5-2-6-16-32/h1-28H. The highest BCUT2D eigenvalue weighted by molar-refractivity contribution is 7.26. The fourth-order valence-corrected chi connectivity index (χ4v) is 9.51. The summed E-state index contributed by atoms with van der Waals surface area (Å²) in [6.07, 6.45) is 0. The second-order valence-electron chi connectivity index (χ2n) is 13.3. The highest BCUT2D eigenvalue weighted by Gasteiger charge is 2.22. The fourth-order valence-electron chi connectivity index (χ4n) is 7.38. The van der Waals surface area contributed by atoms with Crippen molar-refractivity contribution in [3.05, 3.63) is 170 Å². The Kier molecular flexibility index (Phi) is 7.43. The molecule has 4 aromatic heterocycles. The minimum absolute atomic E-state index is 0.613. The van der Waals surface area contributed by atoms with Crippen molar-refractivity contribution in [1.29, 1.82) is 0 Å². The molecule has 0 fully saturated rings. The Morgan fingerprint density at radius 2 is 0.927 bits per heavy atom. The molecule has 55 heavy (non-hydrogen) atoms. The van der Waals surface area contributed by atoms with Crippen molar-refractivity contribution < 1.29 is 0 Å². The van der Waals surface area contributed by atoms with Crippen LogP contribution >= 0.6 is 22.7 Å². The molecule has 7 aromatic carbocycles. The predicted octanol–water partition coefficient (Wildman–Crippen LogP) is 12.5. The molecule has 0 radical (unpaired) electrons. The van der Waals surface area contributed by atoms with Crippen molar-refractivity contribution in [3.8, 4) is 61.8 Å². The molecular formula is C47H28N6S2. The summed E-state index contributed by atoms with van der Waals surface area (Å²) >= 11 is 3.47. The van der Waals surface area contributed by atoms with Crippen LogP contribution in [0.5, 0.6) is 0 Å². The molecule has 11 aromatic rings. The number of aromatic nitrogens is 6. The molecule has 0 aliphatic rings. The minimum atomic E-state index is 0.613. The summed E-state index contributed by atoms with van der Waals surface area (Å²) in [7, 11) is 0. The van der Waals surface area contributed by atoms with Gasteiger partial charge in [-0.05, 0) is 48.5 Å². The lowest BCUT2D eigenvalue weighted by Crippen LogP contribution is -2.00. The molecule has 8 heteroatoms. The summed E-state index contributed by atoms with van der Waals surface area (Å²) < 4.78 is 5.77. The Balaban J connectivity index is 1.12. The van der Waals surface area contributed by atoms with Gasteiger partial charge in [0.05, 0.1) is 21.3 Å². The second kappa shape index (κ2) is 12.9. The van der Waals surface area contributed by atoms with E-state index in [1.54, 1.807) is 22.7 Å². The maximum absolute atomic E-state index is 5.27. The predicted molar refractivity (Wildman–Crippen MR) is 228 cm³/mol. The molecule has 11 rings (SSSR count). The van der Waals surface area contributed by atoms with E-state index in [4.69, 9.17) is 24.9 Å². The first-order valence-corrected chi connectivity index (χ1v) is 19.6. The first-order valence-electron chi connectivity index (χ1n) is 18.0. The Labute approximate surface area is 323 Å². The summed E-state index contributed by atoms with van der Waals surface area (Å²) in [6, 6.07) is 58.5. The molecule has 0 spiro atoms. The molecule has 0 unspecified atom stereocenters. The van der Waals surface area contributed by atoms with E-state index in [0.29, 0.717) is 17.5 Å². The van der Waals surface area contributed by atoms with E-state index in [2.05, 4.69) is 126 Å². The van der Waals surface area contributed by atoms with Gasteiger partial charge in [0, 0.05) is 53.7 Å². The first kappa shape index (κ1) is 31.6. The number of hydrogen-bond acceptors (Lipinski definition) is 7. The van der Waals surface area contributed by atoms with Gasteiger partial charge in [-0.15, -0.1) is 22.7 Å². The summed E-state index contributed by atoms with van der Waals surface area (Å²) in [6.45, 7) is 0. The van der Waals surface area contributed by atoms with Gasteiger partial charge in [-0.3, -0.25) is 4.57 Å². The van der Waals surface area contributed by atoms with Crippen LogP contribution in [0.2, 0.25) is 0 Å². The largest absolute Gasteiger partial charge is 0.292 e. The Bertz CT molecular complexity index is 3170. The van der Waals surface area contributed by atoms with Crippen LogP contribution in [0.25, 0.3) is 103 Å². The number of hydrogen-bond donors (Lipinski definition) is 0. The van der Waals surface area contributed by atoms with E-state index in [0.717, 1.165) is 76.4 Å². The summed E-state index contributed by atoms with van der Waals surface area (Å²) in [5, 5.41) is 3.22. The quantitative estimate of drug-likeness (QED) is 0.170. The number of benzene rings is 7. The van der Waals surface area contributed by atoms with Gasteiger partial charge < -0.3 is 0 Å². The lowest BCUT2D eigenvalue weighted by atomic mass is 10.0. The average Bonchev–Trinajstić information content (AvgIpc) is 3.98. The third-order valence-corrected chi connectivity index (χ3v) is 12.1. The van der Waals surface area contributed by atoms with Gasteiger partial charge in [-0.2, -0.15) is 0 Å². The number of thiophene rings is 1.